The molecule has 0 spiro atoms. The molecule has 2 rings (SSSR count). The van der Waals surface area contributed by atoms with Crippen LogP contribution < -0.4 is 10.6 Å². The van der Waals surface area contributed by atoms with Gasteiger partial charge in [0, 0.05) is 24.3 Å². The minimum Gasteiger partial charge on any atom is -0.385 e. The van der Waals surface area contributed by atoms with Gasteiger partial charge < -0.3 is 10.6 Å². The largest absolute Gasteiger partial charge is 0.385 e. The smallest absolute Gasteiger partial charge is 0.226 e. The Morgan fingerprint density at radius 2 is 1.77 bits per heavy atom. The third kappa shape index (κ3) is 4.92. The lowest BCUT2D eigenvalue weighted by atomic mass is 10.0. The molecule has 22 heavy (non-hydrogen) atoms. The zero-order chi connectivity index (χ0) is 15.9. The van der Waals surface area contributed by atoms with E-state index in [1.165, 1.54) is 11.1 Å². The van der Waals surface area contributed by atoms with Gasteiger partial charge in [0.25, 0.3) is 0 Å². The third-order valence-corrected chi connectivity index (χ3v) is 3.56. The maximum absolute atomic E-state index is 11.9. The van der Waals surface area contributed by atoms with E-state index in [-0.39, 0.29) is 5.91 Å². The zero-order valence-corrected chi connectivity index (χ0v) is 13.5. The number of benzene rings is 2. The highest BCUT2D eigenvalue weighted by molar-refractivity contribution is 5.91. The second-order valence-electron chi connectivity index (χ2n) is 5.87. The van der Waals surface area contributed by atoms with Crippen LogP contribution in [-0.4, -0.2) is 12.5 Å². The highest BCUT2D eigenvalue weighted by atomic mass is 16.1. The van der Waals surface area contributed by atoms with Crippen LogP contribution in [0.5, 0.6) is 0 Å². The van der Waals surface area contributed by atoms with Crippen molar-refractivity contribution in [3.63, 3.8) is 0 Å². The van der Waals surface area contributed by atoms with E-state index < -0.39 is 0 Å². The SMILES string of the molecule is Cc1cccc(NCCC(=O)Nc2ccc(C(C)C)cc2)c1. The molecule has 0 heterocycles. The van der Waals surface area contributed by atoms with Crippen LogP contribution in [0.2, 0.25) is 0 Å². The lowest BCUT2D eigenvalue weighted by Crippen LogP contribution is -2.16. The predicted octanol–water partition coefficient (Wildman–Crippen LogP) is 4.56. The predicted molar refractivity (Wildman–Crippen MR) is 93.4 cm³/mol. The van der Waals surface area contributed by atoms with E-state index in [1.54, 1.807) is 0 Å². The molecule has 0 aliphatic carbocycles. The number of hydrogen-bond acceptors (Lipinski definition) is 2. The summed E-state index contributed by atoms with van der Waals surface area (Å²) >= 11 is 0. The molecule has 2 aromatic carbocycles. The fourth-order valence-electron chi connectivity index (χ4n) is 2.25. The summed E-state index contributed by atoms with van der Waals surface area (Å²) in [5.41, 5.74) is 4.39. The van der Waals surface area contributed by atoms with Crippen molar-refractivity contribution in [1.29, 1.82) is 0 Å². The molecule has 0 atom stereocenters. The van der Waals surface area contributed by atoms with Crippen LogP contribution in [-0.2, 0) is 4.79 Å². The second kappa shape index (κ2) is 7.64. The summed E-state index contributed by atoms with van der Waals surface area (Å²) in [6.07, 6.45) is 0.444. The molecule has 1 amide bonds. The van der Waals surface area contributed by atoms with Crippen LogP contribution in [0.1, 0.15) is 37.3 Å². The lowest BCUT2D eigenvalue weighted by molar-refractivity contribution is -0.115. The van der Waals surface area contributed by atoms with Crippen molar-refractivity contribution in [2.75, 3.05) is 17.2 Å². The molecule has 116 valence electrons. The number of carbonyl (C=O) groups is 1. The molecule has 2 N–H and O–H groups in total. The molecule has 3 nitrogen and oxygen atoms in total. The van der Waals surface area contributed by atoms with Gasteiger partial charge >= 0.3 is 0 Å². The highest BCUT2D eigenvalue weighted by Crippen LogP contribution is 2.17. The number of amides is 1. The average Bonchev–Trinajstić information content (AvgIpc) is 2.48. The summed E-state index contributed by atoms with van der Waals surface area (Å²) in [6.45, 7) is 6.99. The Hall–Kier alpha value is -2.29. The number of hydrogen-bond donors (Lipinski definition) is 2. The minimum atomic E-state index is 0.0254. The monoisotopic (exact) mass is 296 g/mol. The Labute approximate surface area is 132 Å². The van der Waals surface area contributed by atoms with Crippen molar-refractivity contribution in [1.82, 2.24) is 0 Å². The summed E-state index contributed by atoms with van der Waals surface area (Å²) in [5.74, 6) is 0.528. The Kier molecular flexibility index (Phi) is 5.59. The van der Waals surface area contributed by atoms with E-state index >= 15 is 0 Å². The maximum Gasteiger partial charge on any atom is 0.226 e. The quantitative estimate of drug-likeness (QED) is 0.820. The molecule has 0 aliphatic rings. The Balaban J connectivity index is 1.78. The first-order valence-corrected chi connectivity index (χ1v) is 7.75. The van der Waals surface area contributed by atoms with E-state index in [0.717, 1.165) is 11.4 Å². The fourth-order valence-corrected chi connectivity index (χ4v) is 2.25. The van der Waals surface area contributed by atoms with Gasteiger partial charge in [0.05, 0.1) is 0 Å². The van der Waals surface area contributed by atoms with Crippen molar-refractivity contribution in [2.24, 2.45) is 0 Å². The molecule has 0 aliphatic heterocycles. The molecule has 0 radical (unpaired) electrons. The standard InChI is InChI=1S/C19H24N2O/c1-14(2)16-7-9-17(10-8-16)21-19(22)11-12-20-18-6-4-5-15(3)13-18/h4-10,13-14,20H,11-12H2,1-3H3,(H,21,22). The van der Waals surface area contributed by atoms with E-state index in [4.69, 9.17) is 0 Å². The minimum absolute atomic E-state index is 0.0254. The molecule has 0 saturated heterocycles. The first kappa shape index (κ1) is 16.1. The second-order valence-corrected chi connectivity index (χ2v) is 5.87. The van der Waals surface area contributed by atoms with Crippen LogP contribution in [0.15, 0.2) is 48.5 Å². The Bertz CT molecular complexity index is 618. The average molecular weight is 296 g/mol. The van der Waals surface area contributed by atoms with Gasteiger partial charge in [-0.25, -0.2) is 0 Å². The van der Waals surface area contributed by atoms with Crippen molar-refractivity contribution in [2.45, 2.75) is 33.1 Å². The lowest BCUT2D eigenvalue weighted by Gasteiger charge is -2.09. The van der Waals surface area contributed by atoms with E-state index in [1.807, 2.05) is 24.3 Å². The number of aryl methyl sites for hydroxylation is 1. The number of nitrogens with one attached hydrogen (secondary N) is 2. The summed E-state index contributed by atoms with van der Waals surface area (Å²) in [6, 6.07) is 16.2. The Morgan fingerprint density at radius 1 is 1.05 bits per heavy atom. The fraction of sp³-hybridized carbons (Fsp3) is 0.316. The van der Waals surface area contributed by atoms with Gasteiger partial charge in [-0.15, -0.1) is 0 Å². The van der Waals surface area contributed by atoms with Gasteiger partial charge in [0.1, 0.15) is 0 Å². The summed E-state index contributed by atoms with van der Waals surface area (Å²) in [4.78, 5) is 11.9. The number of carbonyl (C=O) groups excluding carboxylic acids is 1. The molecule has 0 bridgehead atoms. The van der Waals surface area contributed by atoms with E-state index in [0.29, 0.717) is 18.9 Å². The molecule has 0 saturated carbocycles. The number of anilines is 2. The summed E-state index contributed by atoms with van der Waals surface area (Å²) in [5, 5.41) is 6.19. The van der Waals surface area contributed by atoms with Gasteiger partial charge in [-0.2, -0.15) is 0 Å². The summed E-state index contributed by atoms with van der Waals surface area (Å²) < 4.78 is 0. The van der Waals surface area contributed by atoms with Gasteiger partial charge in [-0.1, -0.05) is 38.1 Å². The van der Waals surface area contributed by atoms with Crippen LogP contribution in [0, 0.1) is 6.92 Å². The number of rotatable bonds is 6. The topological polar surface area (TPSA) is 41.1 Å². The molecular weight excluding hydrogens is 272 g/mol. The van der Waals surface area contributed by atoms with Gasteiger partial charge in [0.2, 0.25) is 5.91 Å². The van der Waals surface area contributed by atoms with E-state index in [2.05, 4.69) is 55.7 Å². The van der Waals surface area contributed by atoms with Crippen LogP contribution in [0.4, 0.5) is 11.4 Å². The molecule has 0 aromatic heterocycles. The maximum atomic E-state index is 11.9. The normalized spacial score (nSPS) is 10.5. The van der Waals surface area contributed by atoms with Crippen molar-refractivity contribution in [3.05, 3.63) is 59.7 Å². The van der Waals surface area contributed by atoms with Crippen LogP contribution in [0.25, 0.3) is 0 Å². The van der Waals surface area contributed by atoms with Crippen LogP contribution >= 0.6 is 0 Å². The van der Waals surface area contributed by atoms with Crippen molar-refractivity contribution < 1.29 is 4.79 Å². The molecule has 3 heteroatoms. The summed E-state index contributed by atoms with van der Waals surface area (Å²) in [7, 11) is 0. The van der Waals surface area contributed by atoms with E-state index in [9.17, 15) is 4.79 Å². The first-order valence-electron chi connectivity index (χ1n) is 7.75. The molecular formula is C19H24N2O. The van der Waals surface area contributed by atoms with Crippen molar-refractivity contribution >= 4 is 17.3 Å². The third-order valence-electron chi connectivity index (χ3n) is 3.56. The van der Waals surface area contributed by atoms with Gasteiger partial charge in [0.15, 0.2) is 0 Å². The first-order chi connectivity index (χ1) is 10.5. The highest BCUT2D eigenvalue weighted by Gasteiger charge is 2.03. The molecule has 0 unspecified atom stereocenters. The van der Waals surface area contributed by atoms with Crippen molar-refractivity contribution in [3.8, 4) is 0 Å². The van der Waals surface area contributed by atoms with Gasteiger partial charge in [-0.3, -0.25) is 4.79 Å². The zero-order valence-electron chi connectivity index (χ0n) is 13.5. The Morgan fingerprint density at radius 3 is 2.41 bits per heavy atom. The molecule has 2 aromatic rings. The molecule has 0 fully saturated rings. The van der Waals surface area contributed by atoms with Gasteiger partial charge in [-0.05, 0) is 48.2 Å². The van der Waals surface area contributed by atoms with Crippen LogP contribution in [0.3, 0.4) is 0 Å².